The van der Waals surface area contributed by atoms with E-state index in [1.54, 1.807) is 0 Å². The highest BCUT2D eigenvalue weighted by Crippen LogP contribution is 2.51. The normalized spacial score (nSPS) is 33.2. The molecular weight excluding hydrogens is 421 g/mol. The lowest BCUT2D eigenvalue weighted by atomic mass is 9.94. The molecule has 1 saturated heterocycles. The SMILES string of the molecule is COC(=O)[C@@H]1[C@@H]2C[C@@H](OC(C)=O)[C@@H]([C@H]2I)N1[C@H](C)c1ccccc1. The summed E-state index contributed by atoms with van der Waals surface area (Å²) >= 11 is 2.40. The summed E-state index contributed by atoms with van der Waals surface area (Å²) in [5.74, 6) is -0.329. The first kappa shape index (κ1) is 17.7. The molecule has 6 atom stereocenters. The zero-order valence-electron chi connectivity index (χ0n) is 14.0. The highest BCUT2D eigenvalue weighted by molar-refractivity contribution is 14.1. The second-order valence-electron chi connectivity index (χ2n) is 6.48. The number of halogens is 1. The molecule has 2 aliphatic rings. The Hall–Kier alpha value is -1.15. The third-order valence-electron chi connectivity index (χ3n) is 5.18. The number of alkyl halides is 1. The lowest BCUT2D eigenvalue weighted by Gasteiger charge is -2.41. The van der Waals surface area contributed by atoms with Crippen LogP contribution in [0.2, 0.25) is 0 Å². The van der Waals surface area contributed by atoms with Crippen LogP contribution in [0.4, 0.5) is 0 Å². The first-order chi connectivity index (χ1) is 11.5. The molecule has 24 heavy (non-hydrogen) atoms. The second kappa shape index (κ2) is 7.00. The van der Waals surface area contributed by atoms with Crippen LogP contribution in [0.15, 0.2) is 30.3 Å². The lowest BCUT2D eigenvalue weighted by molar-refractivity contribution is -0.158. The average molecular weight is 443 g/mol. The molecule has 1 aromatic rings. The van der Waals surface area contributed by atoms with Gasteiger partial charge in [-0.1, -0.05) is 52.9 Å². The van der Waals surface area contributed by atoms with Crippen molar-refractivity contribution in [2.24, 2.45) is 5.92 Å². The fraction of sp³-hybridized carbons (Fsp3) is 0.556. The Labute approximate surface area is 155 Å². The van der Waals surface area contributed by atoms with Crippen molar-refractivity contribution in [3.8, 4) is 0 Å². The summed E-state index contributed by atoms with van der Waals surface area (Å²) in [6, 6.07) is 9.88. The van der Waals surface area contributed by atoms with Crippen LogP contribution >= 0.6 is 22.6 Å². The maximum atomic E-state index is 12.4. The summed E-state index contributed by atoms with van der Waals surface area (Å²) in [7, 11) is 1.44. The Morgan fingerprint density at radius 1 is 1.29 bits per heavy atom. The Kier molecular flexibility index (Phi) is 5.15. The number of benzene rings is 1. The van der Waals surface area contributed by atoms with E-state index in [-0.39, 0.29) is 46.0 Å². The van der Waals surface area contributed by atoms with Gasteiger partial charge in [0, 0.05) is 22.8 Å². The van der Waals surface area contributed by atoms with Gasteiger partial charge in [-0.2, -0.15) is 0 Å². The largest absolute Gasteiger partial charge is 0.468 e. The number of likely N-dealkylation sites (tertiary alicyclic amines) is 1. The van der Waals surface area contributed by atoms with Gasteiger partial charge in [0.1, 0.15) is 12.1 Å². The fourth-order valence-electron chi connectivity index (χ4n) is 4.21. The zero-order valence-corrected chi connectivity index (χ0v) is 16.2. The molecule has 6 heteroatoms. The molecule has 1 aliphatic heterocycles. The number of piperidine rings is 1. The van der Waals surface area contributed by atoms with Gasteiger partial charge in [0.2, 0.25) is 0 Å². The number of esters is 2. The summed E-state index contributed by atoms with van der Waals surface area (Å²) in [6.45, 7) is 3.54. The van der Waals surface area contributed by atoms with E-state index in [2.05, 4.69) is 46.5 Å². The Morgan fingerprint density at radius 3 is 2.54 bits per heavy atom. The molecule has 0 spiro atoms. The smallest absolute Gasteiger partial charge is 0.323 e. The molecule has 3 rings (SSSR count). The van der Waals surface area contributed by atoms with Crippen molar-refractivity contribution in [2.75, 3.05) is 7.11 Å². The molecular formula is C18H22INO4. The van der Waals surface area contributed by atoms with Crippen LogP contribution in [0.5, 0.6) is 0 Å². The minimum atomic E-state index is -0.288. The van der Waals surface area contributed by atoms with Gasteiger partial charge in [0.15, 0.2) is 0 Å². The monoisotopic (exact) mass is 443 g/mol. The van der Waals surface area contributed by atoms with E-state index < -0.39 is 0 Å². The maximum absolute atomic E-state index is 12.4. The van der Waals surface area contributed by atoms with E-state index >= 15 is 0 Å². The first-order valence-electron chi connectivity index (χ1n) is 8.17. The van der Waals surface area contributed by atoms with Crippen LogP contribution in [0.1, 0.15) is 31.9 Å². The van der Waals surface area contributed by atoms with Crippen molar-refractivity contribution >= 4 is 34.5 Å². The summed E-state index contributed by atoms with van der Waals surface area (Å²) in [5, 5.41) is 0. The van der Waals surface area contributed by atoms with Crippen LogP contribution in [0.25, 0.3) is 0 Å². The van der Waals surface area contributed by atoms with Crippen molar-refractivity contribution in [1.82, 2.24) is 4.90 Å². The summed E-state index contributed by atoms with van der Waals surface area (Å²) in [6.07, 6.45) is 0.553. The number of methoxy groups -OCH3 is 1. The quantitative estimate of drug-likeness (QED) is 0.407. The molecule has 0 unspecified atom stereocenters. The Morgan fingerprint density at radius 2 is 1.96 bits per heavy atom. The highest BCUT2D eigenvalue weighted by atomic mass is 127. The number of nitrogens with zero attached hydrogens (tertiary/aromatic N) is 1. The van der Waals surface area contributed by atoms with Crippen LogP contribution < -0.4 is 0 Å². The summed E-state index contributed by atoms with van der Waals surface area (Å²) < 4.78 is 10.9. The zero-order chi connectivity index (χ0) is 17.4. The average Bonchev–Trinajstić information content (AvgIpc) is 3.03. The van der Waals surface area contributed by atoms with Crippen molar-refractivity contribution in [3.05, 3.63) is 35.9 Å². The number of ether oxygens (including phenoxy) is 2. The van der Waals surface area contributed by atoms with Gasteiger partial charge in [-0.25, -0.2) is 0 Å². The summed E-state index contributed by atoms with van der Waals surface area (Å²) in [5.41, 5.74) is 1.14. The van der Waals surface area contributed by atoms with Gasteiger partial charge in [0.05, 0.1) is 13.2 Å². The molecule has 0 radical (unpaired) electrons. The number of hydrogen-bond acceptors (Lipinski definition) is 5. The molecule has 130 valence electrons. The van der Waals surface area contributed by atoms with Crippen molar-refractivity contribution in [3.63, 3.8) is 0 Å². The van der Waals surface area contributed by atoms with Crippen LogP contribution in [-0.2, 0) is 19.1 Å². The third-order valence-corrected chi connectivity index (χ3v) is 6.84. The Balaban J connectivity index is 1.95. The van der Waals surface area contributed by atoms with E-state index in [1.165, 1.54) is 14.0 Å². The van der Waals surface area contributed by atoms with Gasteiger partial charge >= 0.3 is 11.9 Å². The molecule has 5 nitrogen and oxygen atoms in total. The molecule has 1 saturated carbocycles. The third kappa shape index (κ3) is 2.94. The topological polar surface area (TPSA) is 55.8 Å². The molecule has 1 aliphatic carbocycles. The van der Waals surface area contributed by atoms with Crippen LogP contribution in [0, 0.1) is 5.92 Å². The van der Waals surface area contributed by atoms with Crippen LogP contribution in [-0.4, -0.2) is 46.1 Å². The minimum Gasteiger partial charge on any atom is -0.468 e. The molecule has 2 fully saturated rings. The fourth-order valence-corrected chi connectivity index (χ4v) is 5.73. The van der Waals surface area contributed by atoms with Gasteiger partial charge in [-0.3, -0.25) is 14.5 Å². The number of carbonyl (C=O) groups is 2. The minimum absolute atomic E-state index is 0.0267. The number of rotatable bonds is 4. The maximum Gasteiger partial charge on any atom is 0.323 e. The van der Waals surface area contributed by atoms with E-state index in [9.17, 15) is 9.59 Å². The van der Waals surface area contributed by atoms with Gasteiger partial charge in [0.25, 0.3) is 0 Å². The van der Waals surface area contributed by atoms with Gasteiger partial charge < -0.3 is 9.47 Å². The number of carbonyl (C=O) groups excluding carboxylic acids is 2. The lowest BCUT2D eigenvalue weighted by Crippen LogP contribution is -2.53. The van der Waals surface area contributed by atoms with Crippen molar-refractivity contribution in [1.29, 1.82) is 0 Å². The van der Waals surface area contributed by atoms with Crippen molar-refractivity contribution in [2.45, 2.75) is 48.4 Å². The predicted octanol–water partition coefficient (Wildman–Crippen LogP) is 2.73. The number of hydrogen-bond donors (Lipinski definition) is 0. The number of fused-ring (bicyclic) bond motifs is 2. The molecule has 2 bridgehead atoms. The predicted molar refractivity (Wildman–Crippen MR) is 97.8 cm³/mol. The van der Waals surface area contributed by atoms with Crippen molar-refractivity contribution < 1.29 is 19.1 Å². The van der Waals surface area contributed by atoms with Gasteiger partial charge in [-0.15, -0.1) is 0 Å². The summed E-state index contributed by atoms with van der Waals surface area (Å²) in [4.78, 5) is 26.1. The van der Waals surface area contributed by atoms with E-state index in [0.29, 0.717) is 0 Å². The van der Waals surface area contributed by atoms with E-state index in [4.69, 9.17) is 9.47 Å². The standard InChI is InChI=1S/C18H22INO4/c1-10(12-7-5-4-6-8-12)20-16(18(22)23-3)13-9-14(24-11(2)21)17(20)15(13)19/h4-8,10,13-17H,9H2,1-3H3/t10-,13-,14-,15+,16+,17+/m1/s1. The molecule has 1 aromatic carbocycles. The molecule has 0 amide bonds. The highest BCUT2D eigenvalue weighted by Gasteiger charge is 2.62. The molecule has 0 N–H and O–H groups in total. The molecule has 0 aromatic heterocycles. The Bertz CT molecular complexity index is 623. The first-order valence-corrected chi connectivity index (χ1v) is 9.41. The van der Waals surface area contributed by atoms with E-state index in [0.717, 1.165) is 12.0 Å². The van der Waals surface area contributed by atoms with E-state index in [1.807, 2.05) is 18.2 Å². The van der Waals surface area contributed by atoms with Crippen LogP contribution in [0.3, 0.4) is 0 Å². The van der Waals surface area contributed by atoms with Gasteiger partial charge in [-0.05, 0) is 18.9 Å². The second-order valence-corrected chi connectivity index (χ2v) is 7.92. The molecule has 1 heterocycles.